The Balaban J connectivity index is 0.000000561. The molecule has 70 valence electrons. The van der Waals surface area contributed by atoms with Gasteiger partial charge in [0.1, 0.15) is 0 Å². The Morgan fingerprint density at radius 1 is 1.42 bits per heavy atom. The molecule has 1 atom stereocenters. The topological polar surface area (TPSA) is 23.8 Å². The first-order valence-corrected chi connectivity index (χ1v) is 5.21. The van der Waals surface area contributed by atoms with E-state index in [0.717, 1.165) is 24.7 Å². The number of rotatable bonds is 3. The summed E-state index contributed by atoms with van der Waals surface area (Å²) in [6.45, 7) is 6.28. The van der Waals surface area contributed by atoms with Crippen LogP contribution in [-0.4, -0.2) is 0 Å². The van der Waals surface area contributed by atoms with Crippen molar-refractivity contribution < 1.29 is 0 Å². The fraction of sp³-hybridized carbons (Fsp3) is 0.909. The fourth-order valence-corrected chi connectivity index (χ4v) is 1.54. The first kappa shape index (κ1) is 11.5. The molecular formula is C11H21N. The van der Waals surface area contributed by atoms with Gasteiger partial charge in [-0.1, -0.05) is 40.0 Å². The summed E-state index contributed by atoms with van der Waals surface area (Å²) in [7, 11) is 0. The maximum Gasteiger partial charge on any atom is 0.0621 e. The smallest absolute Gasteiger partial charge is 0.0621 e. The lowest BCUT2D eigenvalue weighted by atomic mass is 9.75. The van der Waals surface area contributed by atoms with Crippen LogP contribution in [0.1, 0.15) is 52.9 Å². The van der Waals surface area contributed by atoms with E-state index in [2.05, 4.69) is 13.0 Å². The van der Waals surface area contributed by atoms with Crippen molar-refractivity contribution in [2.45, 2.75) is 52.9 Å². The Morgan fingerprint density at radius 3 is 2.33 bits per heavy atom. The van der Waals surface area contributed by atoms with E-state index in [1.165, 1.54) is 19.3 Å². The maximum atomic E-state index is 8.34. The molecule has 0 bridgehead atoms. The molecule has 1 rings (SSSR count). The van der Waals surface area contributed by atoms with Crippen molar-refractivity contribution in [3.05, 3.63) is 0 Å². The van der Waals surface area contributed by atoms with Crippen molar-refractivity contribution in [1.82, 2.24) is 0 Å². The second-order valence-corrected chi connectivity index (χ2v) is 3.37. The average Bonchev–Trinajstić information content (AvgIpc) is 2.01. The van der Waals surface area contributed by atoms with Crippen LogP contribution in [0.25, 0.3) is 0 Å². The highest BCUT2D eigenvalue weighted by molar-refractivity contribution is 4.78. The molecule has 0 aromatic heterocycles. The number of hydrogen-bond donors (Lipinski definition) is 0. The molecule has 12 heavy (non-hydrogen) atoms. The zero-order valence-electron chi connectivity index (χ0n) is 8.64. The van der Waals surface area contributed by atoms with E-state index in [-0.39, 0.29) is 0 Å². The van der Waals surface area contributed by atoms with Gasteiger partial charge in [0.15, 0.2) is 0 Å². The average molecular weight is 167 g/mol. The first-order valence-electron chi connectivity index (χ1n) is 5.21. The molecule has 1 heteroatoms. The highest BCUT2D eigenvalue weighted by Gasteiger charge is 2.22. The van der Waals surface area contributed by atoms with Gasteiger partial charge in [0.2, 0.25) is 0 Å². The molecule has 0 saturated heterocycles. The van der Waals surface area contributed by atoms with Crippen molar-refractivity contribution >= 4 is 0 Å². The van der Waals surface area contributed by atoms with Crippen molar-refractivity contribution in [2.24, 2.45) is 11.8 Å². The van der Waals surface area contributed by atoms with Gasteiger partial charge in [-0.2, -0.15) is 5.26 Å². The van der Waals surface area contributed by atoms with Gasteiger partial charge in [-0.3, -0.25) is 0 Å². The molecular weight excluding hydrogens is 146 g/mol. The summed E-state index contributed by atoms with van der Waals surface area (Å²) in [6, 6.07) is 2.20. The Kier molecular flexibility index (Phi) is 6.85. The Bertz CT molecular complexity index is 130. The van der Waals surface area contributed by atoms with Crippen LogP contribution in [0, 0.1) is 23.2 Å². The van der Waals surface area contributed by atoms with Crippen LogP contribution in [-0.2, 0) is 0 Å². The molecule has 0 spiro atoms. The van der Waals surface area contributed by atoms with E-state index in [0.29, 0.717) is 0 Å². The summed E-state index contributed by atoms with van der Waals surface area (Å²) in [4.78, 5) is 0. The summed E-state index contributed by atoms with van der Waals surface area (Å²) in [6.07, 6.45) is 6.10. The van der Waals surface area contributed by atoms with Gasteiger partial charge in [-0.05, 0) is 18.3 Å². The van der Waals surface area contributed by atoms with Gasteiger partial charge in [0, 0.05) is 6.42 Å². The summed E-state index contributed by atoms with van der Waals surface area (Å²) in [5, 5.41) is 8.34. The minimum absolute atomic E-state index is 0.748. The lowest BCUT2D eigenvalue weighted by molar-refractivity contribution is 0.212. The molecule has 0 radical (unpaired) electrons. The fourth-order valence-electron chi connectivity index (χ4n) is 1.54. The van der Waals surface area contributed by atoms with E-state index < -0.39 is 0 Å². The van der Waals surface area contributed by atoms with Gasteiger partial charge < -0.3 is 0 Å². The molecule has 0 aromatic carbocycles. The van der Waals surface area contributed by atoms with Crippen LogP contribution in [0.15, 0.2) is 0 Å². The predicted molar refractivity (Wildman–Crippen MR) is 52.7 cm³/mol. The van der Waals surface area contributed by atoms with Crippen LogP contribution in [0.4, 0.5) is 0 Å². The zero-order valence-corrected chi connectivity index (χ0v) is 8.64. The van der Waals surface area contributed by atoms with Crippen molar-refractivity contribution in [3.63, 3.8) is 0 Å². The second kappa shape index (κ2) is 7.16. The summed E-state index contributed by atoms with van der Waals surface area (Å²) >= 11 is 0. The van der Waals surface area contributed by atoms with E-state index in [9.17, 15) is 0 Å². The van der Waals surface area contributed by atoms with Crippen LogP contribution >= 0.6 is 0 Å². The number of hydrogen-bond acceptors (Lipinski definition) is 1. The molecule has 1 saturated carbocycles. The molecule has 1 fully saturated rings. The molecule has 1 unspecified atom stereocenters. The van der Waals surface area contributed by atoms with E-state index in [1.807, 2.05) is 13.8 Å². The van der Waals surface area contributed by atoms with Gasteiger partial charge in [0.05, 0.1) is 6.07 Å². The van der Waals surface area contributed by atoms with E-state index in [4.69, 9.17) is 5.26 Å². The van der Waals surface area contributed by atoms with Gasteiger partial charge in [-0.25, -0.2) is 0 Å². The highest BCUT2D eigenvalue weighted by Crippen LogP contribution is 2.35. The summed E-state index contributed by atoms with van der Waals surface area (Å²) in [5.41, 5.74) is 0. The quantitative estimate of drug-likeness (QED) is 0.628. The number of nitrogens with zero attached hydrogens (tertiary/aromatic N) is 1. The standard InChI is InChI=1S/C9H15N.C2H6/c1-8(4-3-7-10)9-5-2-6-9;1-2/h8-9H,2-6H2,1H3;1-2H3. The van der Waals surface area contributed by atoms with Crippen molar-refractivity contribution in [3.8, 4) is 6.07 Å². The summed E-state index contributed by atoms with van der Waals surface area (Å²) < 4.78 is 0. The lowest BCUT2D eigenvalue weighted by Crippen LogP contribution is -2.19. The van der Waals surface area contributed by atoms with Crippen LogP contribution in [0.2, 0.25) is 0 Å². The van der Waals surface area contributed by atoms with Gasteiger partial charge in [-0.15, -0.1) is 0 Å². The SMILES string of the molecule is CC.CC(CCC#N)C1CCC1. The van der Waals surface area contributed by atoms with Crippen molar-refractivity contribution in [2.75, 3.05) is 0 Å². The zero-order chi connectivity index (χ0) is 9.40. The number of nitriles is 1. The Labute approximate surface area is 76.8 Å². The second-order valence-electron chi connectivity index (χ2n) is 3.37. The Hall–Kier alpha value is -0.510. The predicted octanol–water partition coefficient (Wildman–Crippen LogP) is 3.75. The maximum absolute atomic E-state index is 8.34. The Morgan fingerprint density at radius 2 is 2.00 bits per heavy atom. The van der Waals surface area contributed by atoms with Crippen molar-refractivity contribution in [1.29, 1.82) is 5.26 Å². The molecule has 1 aliphatic rings. The van der Waals surface area contributed by atoms with Gasteiger partial charge in [0.25, 0.3) is 0 Å². The molecule has 1 nitrogen and oxygen atoms in total. The minimum Gasteiger partial charge on any atom is -0.198 e. The monoisotopic (exact) mass is 167 g/mol. The third-order valence-electron chi connectivity index (χ3n) is 2.67. The normalized spacial score (nSPS) is 18.2. The third-order valence-corrected chi connectivity index (χ3v) is 2.67. The molecule has 0 aromatic rings. The highest BCUT2D eigenvalue weighted by atomic mass is 14.3. The minimum atomic E-state index is 0.748. The largest absolute Gasteiger partial charge is 0.198 e. The molecule has 1 aliphatic carbocycles. The van der Waals surface area contributed by atoms with Crippen LogP contribution < -0.4 is 0 Å². The molecule has 0 aliphatic heterocycles. The lowest BCUT2D eigenvalue weighted by Gasteiger charge is -2.30. The third kappa shape index (κ3) is 3.76. The van der Waals surface area contributed by atoms with E-state index >= 15 is 0 Å². The van der Waals surface area contributed by atoms with E-state index in [1.54, 1.807) is 0 Å². The molecule has 0 heterocycles. The molecule has 0 N–H and O–H groups in total. The van der Waals surface area contributed by atoms with Crippen LogP contribution in [0.3, 0.4) is 0 Å². The van der Waals surface area contributed by atoms with Crippen LogP contribution in [0.5, 0.6) is 0 Å². The molecule has 0 amide bonds. The summed E-state index contributed by atoms with van der Waals surface area (Å²) in [5.74, 6) is 1.75. The van der Waals surface area contributed by atoms with Gasteiger partial charge >= 0.3 is 0 Å². The first-order chi connectivity index (χ1) is 5.84.